The zero-order chi connectivity index (χ0) is 19.9. The molecule has 6 heteroatoms. The smallest absolute Gasteiger partial charge is 0.329 e. The van der Waals surface area contributed by atoms with Crippen molar-refractivity contribution in [3.8, 4) is 5.75 Å². The highest BCUT2D eigenvalue weighted by atomic mass is 16.6. The average molecular weight is 380 g/mol. The minimum atomic E-state index is -0.397. The van der Waals surface area contributed by atoms with Crippen LogP contribution in [0.25, 0.3) is 0 Å². The highest BCUT2D eigenvalue weighted by Crippen LogP contribution is 2.29. The molecule has 1 unspecified atom stereocenters. The van der Waals surface area contributed by atoms with E-state index < -0.39 is 4.92 Å². The molecule has 6 nitrogen and oxygen atoms in total. The summed E-state index contributed by atoms with van der Waals surface area (Å²) in [6.07, 6.45) is 1.59. The number of hydrogen-bond acceptors (Lipinski definition) is 5. The molecule has 0 N–H and O–H groups in total. The summed E-state index contributed by atoms with van der Waals surface area (Å²) < 4.78 is 11.7. The molecule has 0 saturated heterocycles. The van der Waals surface area contributed by atoms with Crippen molar-refractivity contribution in [2.45, 2.75) is 26.5 Å². The predicted octanol–water partition coefficient (Wildman–Crippen LogP) is 4.38. The standard InChI is InChI=1S/C22H24N2O4/c1-17-15-21(24(25)26)22(28-20-11-7-4-8-12-20)23(18(17)2)13-14-27-16-19-9-5-3-6-10-19/h3-12,15,18H,13-14,16H2,1-2H3. The fourth-order valence-electron chi connectivity index (χ4n) is 3.03. The summed E-state index contributed by atoms with van der Waals surface area (Å²) in [5, 5.41) is 11.6. The van der Waals surface area contributed by atoms with Gasteiger partial charge < -0.3 is 14.4 Å². The molecule has 0 spiro atoms. The molecule has 0 saturated carbocycles. The summed E-state index contributed by atoms with van der Waals surface area (Å²) in [5.74, 6) is 0.810. The molecule has 1 aliphatic heterocycles. The van der Waals surface area contributed by atoms with E-state index in [1.165, 1.54) is 0 Å². The summed E-state index contributed by atoms with van der Waals surface area (Å²) >= 11 is 0. The van der Waals surface area contributed by atoms with Crippen LogP contribution in [0.4, 0.5) is 0 Å². The Morgan fingerprint density at radius 1 is 1.07 bits per heavy atom. The summed E-state index contributed by atoms with van der Waals surface area (Å²) in [6.45, 7) is 5.32. The van der Waals surface area contributed by atoms with Crippen molar-refractivity contribution in [2.24, 2.45) is 0 Å². The Bertz CT molecular complexity index is 863. The van der Waals surface area contributed by atoms with Gasteiger partial charge in [0, 0.05) is 12.6 Å². The van der Waals surface area contributed by atoms with Crippen LogP contribution in [0.15, 0.2) is 83.9 Å². The van der Waals surface area contributed by atoms with Gasteiger partial charge in [0.25, 0.3) is 5.88 Å². The van der Waals surface area contributed by atoms with Crippen molar-refractivity contribution in [1.29, 1.82) is 0 Å². The molecule has 0 aromatic heterocycles. The van der Waals surface area contributed by atoms with Gasteiger partial charge in [-0.1, -0.05) is 48.5 Å². The second-order valence-electron chi connectivity index (χ2n) is 6.66. The zero-order valence-electron chi connectivity index (χ0n) is 16.1. The molecule has 3 rings (SSSR count). The molecule has 1 atom stereocenters. The number of nitrogens with zero attached hydrogens (tertiary/aromatic N) is 2. The first-order valence-corrected chi connectivity index (χ1v) is 9.24. The van der Waals surface area contributed by atoms with Gasteiger partial charge in [-0.25, -0.2) is 0 Å². The van der Waals surface area contributed by atoms with E-state index in [0.29, 0.717) is 25.5 Å². The van der Waals surface area contributed by atoms with Gasteiger partial charge in [-0.2, -0.15) is 0 Å². The van der Waals surface area contributed by atoms with Gasteiger partial charge in [0.15, 0.2) is 0 Å². The number of benzene rings is 2. The molecule has 2 aromatic carbocycles. The molecule has 1 heterocycles. The first kappa shape index (κ1) is 19.6. The number of ether oxygens (including phenoxy) is 2. The van der Waals surface area contributed by atoms with Crippen molar-refractivity contribution in [2.75, 3.05) is 13.2 Å². The van der Waals surface area contributed by atoms with Crippen molar-refractivity contribution >= 4 is 0 Å². The first-order valence-electron chi connectivity index (χ1n) is 9.24. The van der Waals surface area contributed by atoms with E-state index in [1.807, 2.05) is 67.3 Å². The van der Waals surface area contributed by atoms with E-state index in [4.69, 9.17) is 9.47 Å². The van der Waals surface area contributed by atoms with Gasteiger partial charge in [-0.15, -0.1) is 0 Å². The summed E-state index contributed by atoms with van der Waals surface area (Å²) in [6, 6.07) is 19.0. The summed E-state index contributed by atoms with van der Waals surface area (Å²) in [4.78, 5) is 13.1. The van der Waals surface area contributed by atoms with Gasteiger partial charge in [-0.05, 0) is 37.1 Å². The third-order valence-electron chi connectivity index (χ3n) is 4.71. The number of hydrogen-bond donors (Lipinski definition) is 0. The average Bonchev–Trinajstić information content (AvgIpc) is 2.71. The van der Waals surface area contributed by atoms with Gasteiger partial charge >= 0.3 is 5.70 Å². The Labute approximate surface area is 164 Å². The van der Waals surface area contributed by atoms with Gasteiger partial charge in [0.2, 0.25) is 0 Å². The van der Waals surface area contributed by atoms with Gasteiger partial charge in [-0.3, -0.25) is 10.1 Å². The van der Waals surface area contributed by atoms with Crippen LogP contribution in [0.2, 0.25) is 0 Å². The third-order valence-corrected chi connectivity index (χ3v) is 4.71. The van der Waals surface area contributed by atoms with E-state index in [0.717, 1.165) is 11.1 Å². The van der Waals surface area contributed by atoms with Crippen LogP contribution in [0.3, 0.4) is 0 Å². The maximum absolute atomic E-state index is 11.6. The molecule has 0 fully saturated rings. The maximum Gasteiger partial charge on any atom is 0.329 e. The molecule has 2 aromatic rings. The Kier molecular flexibility index (Phi) is 6.45. The SMILES string of the molecule is CC1=CC([N+](=O)[O-])=C(Oc2ccccc2)N(CCOCc2ccccc2)C1C. The Balaban J connectivity index is 1.75. The Morgan fingerprint density at radius 3 is 2.36 bits per heavy atom. The van der Waals surface area contributed by atoms with Gasteiger partial charge in [0.05, 0.1) is 24.2 Å². The molecule has 28 heavy (non-hydrogen) atoms. The van der Waals surface area contributed by atoms with E-state index in [-0.39, 0.29) is 17.6 Å². The number of rotatable bonds is 8. The third kappa shape index (κ3) is 4.78. The van der Waals surface area contributed by atoms with Crippen LogP contribution in [0, 0.1) is 10.1 Å². The van der Waals surface area contributed by atoms with Crippen molar-refractivity contribution in [1.82, 2.24) is 4.90 Å². The fourth-order valence-corrected chi connectivity index (χ4v) is 3.03. The van der Waals surface area contributed by atoms with Crippen LogP contribution in [0.1, 0.15) is 19.4 Å². The molecule has 0 bridgehead atoms. The second kappa shape index (κ2) is 9.19. The normalized spacial score (nSPS) is 16.7. The monoisotopic (exact) mass is 380 g/mol. The second-order valence-corrected chi connectivity index (χ2v) is 6.66. The molecule has 146 valence electrons. The van der Waals surface area contributed by atoms with E-state index >= 15 is 0 Å². The molecule has 1 aliphatic rings. The summed E-state index contributed by atoms with van der Waals surface area (Å²) in [7, 11) is 0. The molecule has 0 amide bonds. The lowest BCUT2D eigenvalue weighted by molar-refractivity contribution is -0.423. The lowest BCUT2D eigenvalue weighted by Crippen LogP contribution is -2.41. The zero-order valence-corrected chi connectivity index (χ0v) is 16.1. The minimum absolute atomic E-state index is 0.0252. The minimum Gasteiger partial charge on any atom is -0.435 e. The molecular formula is C22H24N2O4. The maximum atomic E-state index is 11.6. The Hall–Kier alpha value is -3.12. The first-order chi connectivity index (χ1) is 13.6. The Morgan fingerprint density at radius 2 is 1.71 bits per heavy atom. The van der Waals surface area contributed by atoms with Crippen LogP contribution in [0.5, 0.6) is 5.75 Å². The van der Waals surface area contributed by atoms with E-state index in [9.17, 15) is 10.1 Å². The highest BCUT2D eigenvalue weighted by Gasteiger charge is 2.33. The van der Waals surface area contributed by atoms with E-state index in [2.05, 4.69) is 0 Å². The lowest BCUT2D eigenvalue weighted by Gasteiger charge is -2.34. The molecule has 0 aliphatic carbocycles. The number of para-hydroxylation sites is 1. The largest absolute Gasteiger partial charge is 0.435 e. The number of nitro groups is 1. The quantitative estimate of drug-likeness (QED) is 0.386. The van der Waals surface area contributed by atoms with Crippen molar-refractivity contribution in [3.63, 3.8) is 0 Å². The van der Waals surface area contributed by atoms with Crippen LogP contribution >= 0.6 is 0 Å². The molecule has 0 radical (unpaired) electrons. The van der Waals surface area contributed by atoms with Gasteiger partial charge in [0.1, 0.15) is 5.75 Å². The summed E-state index contributed by atoms with van der Waals surface area (Å²) in [5.41, 5.74) is 1.96. The topological polar surface area (TPSA) is 64.8 Å². The lowest BCUT2D eigenvalue weighted by atomic mass is 10.0. The fraction of sp³-hybridized carbons (Fsp3) is 0.273. The predicted molar refractivity (Wildman–Crippen MR) is 107 cm³/mol. The van der Waals surface area contributed by atoms with Crippen LogP contribution in [-0.2, 0) is 11.3 Å². The van der Waals surface area contributed by atoms with Crippen LogP contribution in [-0.4, -0.2) is 29.0 Å². The highest BCUT2D eigenvalue weighted by molar-refractivity contribution is 5.32. The van der Waals surface area contributed by atoms with Crippen molar-refractivity contribution < 1.29 is 14.4 Å². The van der Waals surface area contributed by atoms with Crippen molar-refractivity contribution in [3.05, 3.63) is 99.6 Å². The molecular weight excluding hydrogens is 356 g/mol. The number of allylic oxidation sites excluding steroid dienone is 1. The van der Waals surface area contributed by atoms with E-state index in [1.54, 1.807) is 18.2 Å². The van der Waals surface area contributed by atoms with Crippen LogP contribution < -0.4 is 4.74 Å².